The van der Waals surface area contributed by atoms with Crippen LogP contribution in [0.4, 0.5) is 5.69 Å². The summed E-state index contributed by atoms with van der Waals surface area (Å²) in [4.78, 5) is 16.7. The van der Waals surface area contributed by atoms with Gasteiger partial charge in [-0.05, 0) is 24.1 Å². The number of carbonyl (C=O) groups is 1. The van der Waals surface area contributed by atoms with Gasteiger partial charge in [0, 0.05) is 38.3 Å². The monoisotopic (exact) mass is 350 g/mol. The molecule has 0 spiro atoms. The molecule has 0 saturated carbocycles. The molecule has 1 heterocycles. The van der Waals surface area contributed by atoms with E-state index >= 15 is 0 Å². The lowest BCUT2D eigenvalue weighted by Crippen LogP contribution is -2.40. The van der Waals surface area contributed by atoms with Crippen LogP contribution in [0.15, 0.2) is 60.7 Å². The minimum atomic E-state index is -0.428. The molecule has 0 bridgehead atoms. The lowest BCUT2D eigenvalue weighted by Gasteiger charge is -2.33. The van der Waals surface area contributed by atoms with Crippen molar-refractivity contribution in [3.63, 3.8) is 0 Å². The highest BCUT2D eigenvalue weighted by atomic mass is 16.3. The maximum atomic E-state index is 12.7. The van der Waals surface area contributed by atoms with E-state index in [9.17, 15) is 9.90 Å². The number of rotatable bonds is 5. The van der Waals surface area contributed by atoms with Crippen LogP contribution in [0.2, 0.25) is 0 Å². The number of anilines is 1. The number of carbonyl (C=O) groups excluding carboxylic acids is 1. The smallest absolute Gasteiger partial charge is 0.224 e. The van der Waals surface area contributed by atoms with E-state index in [-0.39, 0.29) is 5.91 Å². The molecular weight excluding hydrogens is 324 g/mol. The molecule has 1 unspecified atom stereocenters. The van der Waals surface area contributed by atoms with Crippen molar-refractivity contribution in [2.75, 3.05) is 24.5 Å². The Balaban J connectivity index is 1.76. The summed E-state index contributed by atoms with van der Waals surface area (Å²) in [5.41, 5.74) is 3.36. The lowest BCUT2D eigenvalue weighted by molar-refractivity contribution is -0.131. The third kappa shape index (κ3) is 4.73. The van der Waals surface area contributed by atoms with E-state index in [0.29, 0.717) is 32.6 Å². The summed E-state index contributed by atoms with van der Waals surface area (Å²) in [6.07, 6.45) is 4.13. The average molecular weight is 350 g/mol. The van der Waals surface area contributed by atoms with Crippen molar-refractivity contribution in [1.82, 2.24) is 4.90 Å². The normalized spacial score (nSPS) is 16.3. The van der Waals surface area contributed by atoms with E-state index in [2.05, 4.69) is 35.2 Å². The van der Waals surface area contributed by atoms with Gasteiger partial charge in [0.05, 0.1) is 6.10 Å². The Hall–Kier alpha value is -2.59. The van der Waals surface area contributed by atoms with Gasteiger partial charge in [-0.2, -0.15) is 0 Å². The van der Waals surface area contributed by atoms with Gasteiger partial charge in [-0.25, -0.2) is 0 Å². The van der Waals surface area contributed by atoms with E-state index in [1.54, 1.807) is 6.92 Å². The summed E-state index contributed by atoms with van der Waals surface area (Å²) >= 11 is 0. The topological polar surface area (TPSA) is 43.8 Å². The van der Waals surface area contributed by atoms with Gasteiger partial charge in [-0.1, -0.05) is 60.7 Å². The highest BCUT2D eigenvalue weighted by Gasteiger charge is 2.22. The molecule has 2 aromatic rings. The van der Waals surface area contributed by atoms with Crippen LogP contribution in [0.1, 0.15) is 24.5 Å². The number of aliphatic hydroxyl groups excluding tert-OH is 1. The van der Waals surface area contributed by atoms with E-state index in [0.717, 1.165) is 16.8 Å². The third-order valence-corrected chi connectivity index (χ3v) is 4.56. The Bertz CT molecular complexity index is 756. The minimum absolute atomic E-state index is 0.146. The van der Waals surface area contributed by atoms with Crippen molar-refractivity contribution in [3.05, 3.63) is 71.8 Å². The summed E-state index contributed by atoms with van der Waals surface area (Å²) < 4.78 is 0. The molecule has 0 aromatic heterocycles. The number of para-hydroxylation sites is 1. The van der Waals surface area contributed by atoms with E-state index < -0.39 is 6.10 Å². The first kappa shape index (κ1) is 18.2. The van der Waals surface area contributed by atoms with Crippen molar-refractivity contribution < 1.29 is 9.90 Å². The van der Waals surface area contributed by atoms with Crippen LogP contribution >= 0.6 is 0 Å². The fourth-order valence-electron chi connectivity index (χ4n) is 3.31. The van der Waals surface area contributed by atoms with Gasteiger partial charge in [-0.3, -0.25) is 4.79 Å². The van der Waals surface area contributed by atoms with Crippen LogP contribution in [0, 0.1) is 0 Å². The van der Waals surface area contributed by atoms with E-state index in [4.69, 9.17) is 0 Å². The Morgan fingerprint density at radius 2 is 1.81 bits per heavy atom. The van der Waals surface area contributed by atoms with Crippen LogP contribution in [0.5, 0.6) is 0 Å². The van der Waals surface area contributed by atoms with Crippen molar-refractivity contribution in [1.29, 1.82) is 0 Å². The molecule has 136 valence electrons. The van der Waals surface area contributed by atoms with Gasteiger partial charge in [0.25, 0.3) is 0 Å². The first-order valence-corrected chi connectivity index (χ1v) is 9.14. The molecular formula is C22H26N2O2. The Morgan fingerprint density at radius 1 is 1.08 bits per heavy atom. The van der Waals surface area contributed by atoms with Crippen LogP contribution < -0.4 is 4.90 Å². The molecule has 1 aliphatic heterocycles. The van der Waals surface area contributed by atoms with Crippen molar-refractivity contribution >= 4 is 17.7 Å². The van der Waals surface area contributed by atoms with E-state index in [1.165, 1.54) is 0 Å². The maximum Gasteiger partial charge on any atom is 0.224 e. The zero-order valence-corrected chi connectivity index (χ0v) is 15.2. The molecule has 4 heteroatoms. The van der Waals surface area contributed by atoms with Gasteiger partial charge in [-0.15, -0.1) is 0 Å². The zero-order chi connectivity index (χ0) is 18.4. The predicted octanol–water partition coefficient (Wildman–Crippen LogP) is 3.32. The van der Waals surface area contributed by atoms with Gasteiger partial charge in [0.1, 0.15) is 0 Å². The van der Waals surface area contributed by atoms with Crippen LogP contribution in [-0.2, 0) is 11.3 Å². The number of benzene rings is 2. The number of amides is 1. The predicted molar refractivity (Wildman–Crippen MR) is 106 cm³/mol. The molecule has 1 amide bonds. The van der Waals surface area contributed by atoms with E-state index in [1.807, 2.05) is 41.3 Å². The zero-order valence-electron chi connectivity index (χ0n) is 15.2. The van der Waals surface area contributed by atoms with Gasteiger partial charge >= 0.3 is 0 Å². The molecule has 3 rings (SSSR count). The summed E-state index contributed by atoms with van der Waals surface area (Å²) in [6.45, 7) is 4.13. The van der Waals surface area contributed by atoms with Crippen LogP contribution in [0.3, 0.4) is 0 Å². The Kier molecular flexibility index (Phi) is 6.08. The number of β-amino-alcohol motifs (C(OH)–C–C–N with tert-alkyl or cyclic N) is 1. The van der Waals surface area contributed by atoms with Crippen LogP contribution in [0.25, 0.3) is 6.08 Å². The van der Waals surface area contributed by atoms with Gasteiger partial charge in [0.2, 0.25) is 5.91 Å². The first-order valence-electron chi connectivity index (χ1n) is 9.14. The van der Waals surface area contributed by atoms with Crippen LogP contribution in [-0.4, -0.2) is 41.7 Å². The first-order chi connectivity index (χ1) is 12.6. The summed E-state index contributed by atoms with van der Waals surface area (Å²) in [5.74, 6) is 0.146. The van der Waals surface area contributed by atoms with Crippen molar-refractivity contribution in [3.8, 4) is 0 Å². The lowest BCUT2D eigenvalue weighted by atomic mass is 10.1. The second-order valence-electron chi connectivity index (χ2n) is 6.76. The summed E-state index contributed by atoms with van der Waals surface area (Å²) in [5, 5.41) is 9.79. The van der Waals surface area contributed by atoms with Gasteiger partial charge < -0.3 is 14.9 Å². The fourth-order valence-corrected chi connectivity index (χ4v) is 3.31. The number of hydrogen-bond acceptors (Lipinski definition) is 3. The van der Waals surface area contributed by atoms with Crippen molar-refractivity contribution in [2.24, 2.45) is 0 Å². The average Bonchev–Trinajstić information content (AvgIpc) is 2.64. The molecule has 1 aliphatic rings. The Labute approximate surface area is 155 Å². The quantitative estimate of drug-likeness (QED) is 0.900. The fraction of sp³-hybridized carbons (Fsp3) is 0.318. The molecule has 1 N–H and O–H groups in total. The number of hydrogen-bond donors (Lipinski definition) is 1. The number of nitrogens with zero attached hydrogens (tertiary/aromatic N) is 2. The molecule has 4 nitrogen and oxygen atoms in total. The molecule has 0 radical (unpaired) electrons. The maximum absolute atomic E-state index is 12.7. The largest absolute Gasteiger partial charge is 0.392 e. The molecule has 1 atom stereocenters. The Morgan fingerprint density at radius 3 is 2.58 bits per heavy atom. The SMILES string of the molecule is CC(O)CN1CCC(=O)N(C/C=C/c2ccccc2)Cc2ccccc21. The molecule has 0 saturated heterocycles. The molecule has 2 aromatic carbocycles. The highest BCUT2D eigenvalue weighted by molar-refractivity contribution is 5.78. The molecule has 26 heavy (non-hydrogen) atoms. The molecule has 0 fully saturated rings. The third-order valence-electron chi connectivity index (χ3n) is 4.56. The summed E-state index contributed by atoms with van der Waals surface area (Å²) in [7, 11) is 0. The summed E-state index contributed by atoms with van der Waals surface area (Å²) in [6, 6.07) is 18.3. The minimum Gasteiger partial charge on any atom is -0.392 e. The number of aliphatic hydroxyl groups is 1. The number of fused-ring (bicyclic) bond motifs is 1. The second kappa shape index (κ2) is 8.68. The highest BCUT2D eigenvalue weighted by Crippen LogP contribution is 2.25. The second-order valence-corrected chi connectivity index (χ2v) is 6.76. The van der Waals surface area contributed by atoms with Crippen molar-refractivity contribution in [2.45, 2.75) is 26.0 Å². The standard InChI is InChI=1S/C22H26N2O2/c1-18(25)16-23-15-13-22(26)24(17-20-11-5-6-12-21(20)23)14-7-10-19-8-3-2-4-9-19/h2-12,18,25H,13-17H2,1H3/b10-7+. The van der Waals surface area contributed by atoms with Gasteiger partial charge in [0.15, 0.2) is 0 Å². The molecule has 0 aliphatic carbocycles.